The van der Waals surface area contributed by atoms with Gasteiger partial charge in [0.05, 0.1) is 0 Å². The second-order valence-electron chi connectivity index (χ2n) is 1.76. The van der Waals surface area contributed by atoms with Crippen molar-refractivity contribution in [3.63, 3.8) is 0 Å². The molecule has 0 bridgehead atoms. The Kier molecular flexibility index (Phi) is 2.41. The van der Waals surface area contributed by atoms with Crippen LogP contribution < -0.4 is 10.6 Å². The lowest BCUT2D eigenvalue weighted by molar-refractivity contribution is 0.0766. The van der Waals surface area contributed by atoms with Gasteiger partial charge in [0.15, 0.2) is 4.84 Å². The third-order valence-electron chi connectivity index (χ3n) is 0.952. The van der Waals surface area contributed by atoms with E-state index in [0.29, 0.717) is 0 Å². The molecule has 0 aliphatic carbocycles. The van der Waals surface area contributed by atoms with Crippen LogP contribution in [0.5, 0.6) is 0 Å². The molecule has 0 radical (unpaired) electrons. The summed E-state index contributed by atoms with van der Waals surface area (Å²) in [6, 6.07) is -0.669. The van der Waals surface area contributed by atoms with Crippen LogP contribution in [0.1, 0.15) is 0 Å². The largest absolute Gasteiger partial charge is 0.422 e. The number of nitrogens with one attached hydrogen (secondary N) is 2. The molecule has 7 heteroatoms. The molecule has 0 aromatic rings. The molecule has 1 heterocycles. The van der Waals surface area contributed by atoms with Crippen molar-refractivity contribution >= 4 is 35.3 Å². The van der Waals surface area contributed by atoms with Crippen molar-refractivity contribution in [3.05, 3.63) is 0 Å². The van der Waals surface area contributed by atoms with Gasteiger partial charge in [0.2, 0.25) is 6.23 Å². The van der Waals surface area contributed by atoms with Gasteiger partial charge in [-0.15, -0.1) is 0 Å². The van der Waals surface area contributed by atoms with Crippen molar-refractivity contribution < 1.29 is 14.3 Å². The van der Waals surface area contributed by atoms with Gasteiger partial charge >= 0.3 is 12.1 Å². The fourth-order valence-corrected chi connectivity index (χ4v) is 0.776. The Morgan fingerprint density at radius 2 is 2.09 bits per heavy atom. The third-order valence-corrected chi connectivity index (χ3v) is 1.41. The molecule has 0 saturated carbocycles. The summed E-state index contributed by atoms with van der Waals surface area (Å²) in [5.41, 5.74) is 0. The van der Waals surface area contributed by atoms with Crippen LogP contribution in [0, 0.1) is 0 Å². The van der Waals surface area contributed by atoms with E-state index in [1.54, 1.807) is 0 Å². The number of alkyl carbamates (subject to hydrolysis) is 1. The number of imide groups is 1. The van der Waals surface area contributed by atoms with Crippen LogP contribution in [0.4, 0.5) is 9.59 Å². The molecule has 0 aromatic carbocycles. The summed E-state index contributed by atoms with van der Waals surface area (Å²) < 4.78 is 4.47. The SMILES string of the molecule is O=C1NC(=O)OC(C(Cl)Cl)N1. The van der Waals surface area contributed by atoms with Gasteiger partial charge in [0.25, 0.3) is 0 Å². The van der Waals surface area contributed by atoms with Crippen molar-refractivity contribution in [1.29, 1.82) is 0 Å². The van der Waals surface area contributed by atoms with E-state index in [4.69, 9.17) is 23.2 Å². The zero-order chi connectivity index (χ0) is 8.43. The molecule has 0 aromatic heterocycles. The first kappa shape index (κ1) is 8.42. The summed E-state index contributed by atoms with van der Waals surface area (Å²) >= 11 is 10.7. The average molecular weight is 199 g/mol. The normalized spacial score (nSPS) is 24.1. The molecule has 0 spiro atoms. The first-order valence-electron chi connectivity index (χ1n) is 2.66. The standard InChI is InChI=1S/C4H4Cl2N2O3/c5-1(6)2-7-3(9)8-4(10)11-2/h1-2H,(H2,7,8,9,10). The van der Waals surface area contributed by atoms with Crippen molar-refractivity contribution in [2.45, 2.75) is 11.1 Å². The summed E-state index contributed by atoms with van der Waals surface area (Å²) in [7, 11) is 0. The van der Waals surface area contributed by atoms with Gasteiger partial charge in [0, 0.05) is 0 Å². The molecule has 62 valence electrons. The number of ether oxygens (including phenoxy) is 1. The van der Waals surface area contributed by atoms with Gasteiger partial charge in [-0.05, 0) is 0 Å². The van der Waals surface area contributed by atoms with Crippen molar-refractivity contribution in [2.75, 3.05) is 0 Å². The molecule has 3 amide bonds. The zero-order valence-electron chi connectivity index (χ0n) is 5.14. The smallest absolute Gasteiger partial charge is 0.417 e. The molecule has 1 rings (SSSR count). The average Bonchev–Trinajstić information content (AvgIpc) is 1.85. The maximum Gasteiger partial charge on any atom is 0.417 e. The van der Waals surface area contributed by atoms with Crippen LogP contribution in [0.25, 0.3) is 0 Å². The second-order valence-corrected chi connectivity index (χ2v) is 2.92. The minimum absolute atomic E-state index is 0.669. The number of urea groups is 1. The van der Waals surface area contributed by atoms with Crippen LogP contribution in [0.15, 0.2) is 0 Å². The van der Waals surface area contributed by atoms with Crippen LogP contribution >= 0.6 is 23.2 Å². The maximum atomic E-state index is 10.5. The van der Waals surface area contributed by atoms with E-state index in [2.05, 4.69) is 10.1 Å². The van der Waals surface area contributed by atoms with Gasteiger partial charge in [-0.1, -0.05) is 23.2 Å². The molecule has 1 fully saturated rings. The number of cyclic esters (lactones) is 1. The first-order chi connectivity index (χ1) is 5.09. The minimum Gasteiger partial charge on any atom is -0.422 e. The summed E-state index contributed by atoms with van der Waals surface area (Å²) in [5, 5.41) is 4.02. The molecular formula is C4H4Cl2N2O3. The zero-order valence-corrected chi connectivity index (χ0v) is 6.65. The molecule has 11 heavy (non-hydrogen) atoms. The number of amides is 3. The first-order valence-corrected chi connectivity index (χ1v) is 3.53. The Hall–Kier alpha value is -0.680. The fourth-order valence-electron chi connectivity index (χ4n) is 0.547. The predicted octanol–water partition coefficient (Wildman–Crippen LogP) is 0.566. The molecule has 2 N–H and O–H groups in total. The van der Waals surface area contributed by atoms with E-state index >= 15 is 0 Å². The van der Waals surface area contributed by atoms with Gasteiger partial charge < -0.3 is 4.74 Å². The molecular weight excluding hydrogens is 195 g/mol. The van der Waals surface area contributed by atoms with E-state index in [9.17, 15) is 9.59 Å². The van der Waals surface area contributed by atoms with Crippen LogP contribution in [-0.4, -0.2) is 23.2 Å². The highest BCUT2D eigenvalue weighted by Gasteiger charge is 2.29. The topological polar surface area (TPSA) is 67.4 Å². The molecule has 1 aliphatic rings. The number of halogens is 2. The summed E-state index contributed by atoms with van der Waals surface area (Å²) in [4.78, 5) is 20.1. The van der Waals surface area contributed by atoms with Crippen molar-refractivity contribution in [1.82, 2.24) is 10.6 Å². The number of rotatable bonds is 1. The van der Waals surface area contributed by atoms with E-state index in [1.165, 1.54) is 0 Å². The Labute approximate surface area is 72.0 Å². The minimum atomic E-state index is -0.973. The Balaban J connectivity index is 2.56. The lowest BCUT2D eigenvalue weighted by atomic mass is 10.6. The molecule has 1 unspecified atom stereocenters. The lowest BCUT2D eigenvalue weighted by Gasteiger charge is -2.24. The molecule has 1 atom stereocenters. The highest BCUT2D eigenvalue weighted by atomic mass is 35.5. The number of hydrogen-bond donors (Lipinski definition) is 2. The van der Waals surface area contributed by atoms with Gasteiger partial charge in [-0.3, -0.25) is 5.32 Å². The highest BCUT2D eigenvalue weighted by molar-refractivity contribution is 6.44. The number of carbonyl (C=O) groups is 2. The third kappa shape index (κ3) is 2.13. The van der Waals surface area contributed by atoms with E-state index in [1.807, 2.05) is 5.32 Å². The van der Waals surface area contributed by atoms with Gasteiger partial charge in [0.1, 0.15) is 0 Å². The van der Waals surface area contributed by atoms with Crippen LogP contribution in [0.3, 0.4) is 0 Å². The number of carbonyl (C=O) groups excluding carboxylic acids is 2. The Bertz CT molecular complexity index is 180. The fraction of sp³-hybridized carbons (Fsp3) is 0.500. The Morgan fingerprint density at radius 3 is 2.55 bits per heavy atom. The van der Waals surface area contributed by atoms with E-state index < -0.39 is 23.2 Å². The van der Waals surface area contributed by atoms with E-state index in [-0.39, 0.29) is 0 Å². The molecule has 5 nitrogen and oxygen atoms in total. The number of alkyl halides is 2. The maximum absolute atomic E-state index is 10.5. The van der Waals surface area contributed by atoms with Crippen LogP contribution in [-0.2, 0) is 4.74 Å². The predicted molar refractivity (Wildman–Crippen MR) is 37.4 cm³/mol. The van der Waals surface area contributed by atoms with Gasteiger partial charge in [-0.25, -0.2) is 14.9 Å². The Morgan fingerprint density at radius 1 is 1.45 bits per heavy atom. The quantitative estimate of drug-likeness (QED) is 0.606. The van der Waals surface area contributed by atoms with Crippen LogP contribution in [0.2, 0.25) is 0 Å². The second kappa shape index (κ2) is 3.15. The summed E-state index contributed by atoms with van der Waals surface area (Å²) in [6.07, 6.45) is -1.83. The molecule has 1 aliphatic heterocycles. The van der Waals surface area contributed by atoms with E-state index in [0.717, 1.165) is 0 Å². The summed E-state index contributed by atoms with van der Waals surface area (Å²) in [5.74, 6) is 0. The monoisotopic (exact) mass is 198 g/mol. The van der Waals surface area contributed by atoms with Crippen molar-refractivity contribution in [3.8, 4) is 0 Å². The van der Waals surface area contributed by atoms with Gasteiger partial charge in [-0.2, -0.15) is 0 Å². The van der Waals surface area contributed by atoms with Crippen molar-refractivity contribution in [2.24, 2.45) is 0 Å². The highest BCUT2D eigenvalue weighted by Crippen LogP contribution is 2.11. The summed E-state index contributed by atoms with van der Waals surface area (Å²) in [6.45, 7) is 0. The molecule has 1 saturated heterocycles. The lowest BCUT2D eigenvalue weighted by Crippen LogP contribution is -2.55. The number of hydrogen-bond acceptors (Lipinski definition) is 3.